The van der Waals surface area contributed by atoms with Crippen LogP contribution in [0.1, 0.15) is 58.1 Å². The van der Waals surface area contributed by atoms with Gasteiger partial charge in [-0.2, -0.15) is 0 Å². The summed E-state index contributed by atoms with van der Waals surface area (Å²) in [5.74, 6) is 0. The fourth-order valence-corrected chi connectivity index (χ4v) is 3.95. The molecule has 0 heterocycles. The van der Waals surface area contributed by atoms with Gasteiger partial charge in [-0.25, -0.2) is 4.39 Å². The van der Waals surface area contributed by atoms with E-state index in [1.807, 2.05) is 26.8 Å². The second kappa shape index (κ2) is 7.28. The zero-order chi connectivity index (χ0) is 17.3. The van der Waals surface area contributed by atoms with Gasteiger partial charge in [-0.3, -0.25) is 0 Å². The number of alkyl halides is 1. The van der Waals surface area contributed by atoms with Gasteiger partial charge < -0.3 is 9.66 Å². The van der Waals surface area contributed by atoms with Crippen molar-refractivity contribution in [3.63, 3.8) is 0 Å². The van der Waals surface area contributed by atoms with Crippen LogP contribution in [0.2, 0.25) is 5.02 Å². The van der Waals surface area contributed by atoms with Gasteiger partial charge >= 0.3 is 0 Å². The van der Waals surface area contributed by atoms with E-state index in [4.69, 9.17) is 11.6 Å². The molecule has 2 N–H and O–H groups in total. The lowest BCUT2D eigenvalue weighted by atomic mass is 9.77. The first-order valence-electron chi connectivity index (χ1n) is 7.92. The summed E-state index contributed by atoms with van der Waals surface area (Å²) in [6.45, 7) is 5.61. The Morgan fingerprint density at radius 2 is 2.00 bits per heavy atom. The molecule has 0 aliphatic heterocycles. The summed E-state index contributed by atoms with van der Waals surface area (Å²) in [6, 6.07) is 6.62. The van der Waals surface area contributed by atoms with E-state index < -0.39 is 33.9 Å². The van der Waals surface area contributed by atoms with Gasteiger partial charge in [0.05, 0.1) is 5.60 Å². The highest BCUT2D eigenvalue weighted by molar-refractivity contribution is 7.90. The van der Waals surface area contributed by atoms with Gasteiger partial charge in [0.1, 0.15) is 17.0 Å². The molecule has 1 saturated carbocycles. The van der Waals surface area contributed by atoms with E-state index in [2.05, 4.69) is 4.72 Å². The summed E-state index contributed by atoms with van der Waals surface area (Å²) in [6.07, 6.45) is 0.428. The molecule has 0 saturated heterocycles. The zero-order valence-electron chi connectivity index (χ0n) is 13.8. The lowest BCUT2D eigenvalue weighted by Crippen LogP contribution is -2.51. The Morgan fingerprint density at radius 3 is 2.52 bits per heavy atom. The molecule has 1 unspecified atom stereocenters. The SMILES string of the molecule is CC(C)(C)[S+]([O-])N[C@@H](c1cccc(Cl)c1)[C@]1(O)CC[C@@H](F)CC1. The molecular formula is C17H25ClFNO2S. The summed E-state index contributed by atoms with van der Waals surface area (Å²) >= 11 is 4.72. The Hall–Kier alpha value is -0.330. The van der Waals surface area contributed by atoms with Gasteiger partial charge in [0.25, 0.3) is 0 Å². The molecule has 2 rings (SSSR count). The second-order valence-corrected chi connectivity index (χ2v) is 9.70. The summed E-state index contributed by atoms with van der Waals surface area (Å²) < 4.78 is 28.7. The lowest BCUT2D eigenvalue weighted by molar-refractivity contribution is -0.0408. The summed E-state index contributed by atoms with van der Waals surface area (Å²) in [5, 5.41) is 11.7. The third-order valence-corrected chi connectivity index (χ3v) is 6.08. The minimum Gasteiger partial charge on any atom is -0.598 e. The number of hydrogen-bond donors (Lipinski definition) is 2. The molecule has 130 valence electrons. The fourth-order valence-electron chi connectivity index (χ4n) is 2.83. The molecule has 1 aromatic carbocycles. The zero-order valence-corrected chi connectivity index (χ0v) is 15.4. The normalized spacial score (nSPS) is 28.4. The largest absolute Gasteiger partial charge is 0.598 e. The fraction of sp³-hybridized carbons (Fsp3) is 0.647. The Balaban J connectivity index is 2.31. The molecule has 0 radical (unpaired) electrons. The van der Waals surface area contributed by atoms with Crippen molar-refractivity contribution < 1.29 is 14.0 Å². The van der Waals surface area contributed by atoms with Gasteiger partial charge in [0.2, 0.25) is 0 Å². The predicted octanol–water partition coefficient (Wildman–Crippen LogP) is 4.08. The number of aliphatic hydroxyl groups is 1. The van der Waals surface area contributed by atoms with Crippen LogP contribution < -0.4 is 4.72 Å². The molecule has 0 amide bonds. The second-order valence-electron chi connectivity index (χ2n) is 7.27. The van der Waals surface area contributed by atoms with Crippen molar-refractivity contribution in [1.29, 1.82) is 0 Å². The van der Waals surface area contributed by atoms with Gasteiger partial charge in [-0.15, -0.1) is 4.72 Å². The number of nitrogens with one attached hydrogen (secondary N) is 1. The minimum absolute atomic E-state index is 0.317. The third kappa shape index (κ3) is 4.83. The van der Waals surface area contributed by atoms with Crippen LogP contribution >= 0.6 is 11.6 Å². The van der Waals surface area contributed by atoms with Crippen LogP contribution in [-0.4, -0.2) is 26.2 Å². The van der Waals surface area contributed by atoms with E-state index in [9.17, 15) is 14.0 Å². The van der Waals surface area contributed by atoms with Crippen LogP contribution in [0, 0.1) is 0 Å². The first kappa shape index (κ1) is 19.0. The van der Waals surface area contributed by atoms with E-state index in [-0.39, 0.29) is 0 Å². The van der Waals surface area contributed by atoms with Crippen LogP contribution in [-0.2, 0) is 11.4 Å². The first-order valence-corrected chi connectivity index (χ1v) is 9.44. The van der Waals surface area contributed by atoms with E-state index in [0.29, 0.717) is 30.7 Å². The number of hydrogen-bond acceptors (Lipinski definition) is 3. The lowest BCUT2D eigenvalue weighted by Gasteiger charge is -2.41. The monoisotopic (exact) mass is 361 g/mol. The maximum absolute atomic E-state index is 13.5. The number of benzene rings is 1. The molecule has 1 aliphatic rings. The minimum atomic E-state index is -1.36. The molecule has 23 heavy (non-hydrogen) atoms. The van der Waals surface area contributed by atoms with Crippen molar-refractivity contribution >= 4 is 23.0 Å². The van der Waals surface area contributed by atoms with Crippen molar-refractivity contribution in [3.8, 4) is 0 Å². The molecule has 0 aromatic heterocycles. The van der Waals surface area contributed by atoms with Crippen LogP contribution in [0.4, 0.5) is 4.39 Å². The average molecular weight is 362 g/mol. The Labute approximate surface area is 145 Å². The van der Waals surface area contributed by atoms with Crippen LogP contribution in [0.25, 0.3) is 0 Å². The molecule has 3 nitrogen and oxygen atoms in total. The van der Waals surface area contributed by atoms with E-state index >= 15 is 0 Å². The average Bonchev–Trinajstić information content (AvgIpc) is 2.46. The first-order chi connectivity index (χ1) is 10.6. The topological polar surface area (TPSA) is 55.3 Å². The van der Waals surface area contributed by atoms with Crippen molar-refractivity contribution in [3.05, 3.63) is 34.9 Å². The number of rotatable bonds is 4. The summed E-state index contributed by atoms with van der Waals surface area (Å²) in [5.41, 5.74) is -0.358. The van der Waals surface area contributed by atoms with Crippen molar-refractivity contribution in [2.24, 2.45) is 0 Å². The molecular weight excluding hydrogens is 337 g/mol. The van der Waals surface area contributed by atoms with Crippen molar-refractivity contribution in [2.45, 2.75) is 69.0 Å². The maximum Gasteiger partial charge on any atom is 0.136 e. The molecule has 1 fully saturated rings. The highest BCUT2D eigenvalue weighted by Gasteiger charge is 2.44. The quantitative estimate of drug-likeness (QED) is 0.794. The Kier molecular flexibility index (Phi) is 6.01. The molecule has 0 spiro atoms. The van der Waals surface area contributed by atoms with Crippen molar-refractivity contribution in [2.75, 3.05) is 0 Å². The molecule has 6 heteroatoms. The smallest absolute Gasteiger partial charge is 0.136 e. The highest BCUT2D eigenvalue weighted by Crippen LogP contribution is 2.40. The molecule has 0 bridgehead atoms. The predicted molar refractivity (Wildman–Crippen MR) is 93.5 cm³/mol. The summed E-state index contributed by atoms with van der Waals surface area (Å²) in [7, 11) is 0. The van der Waals surface area contributed by atoms with E-state index in [1.54, 1.807) is 18.2 Å². The molecule has 2 atom stereocenters. The van der Waals surface area contributed by atoms with E-state index in [0.717, 1.165) is 5.56 Å². The highest BCUT2D eigenvalue weighted by atomic mass is 35.5. The molecule has 1 aliphatic carbocycles. The number of halogens is 2. The van der Waals surface area contributed by atoms with Crippen LogP contribution in [0.3, 0.4) is 0 Å². The van der Waals surface area contributed by atoms with Gasteiger partial charge in [-0.05, 0) is 64.2 Å². The Morgan fingerprint density at radius 1 is 1.39 bits per heavy atom. The van der Waals surface area contributed by atoms with E-state index in [1.165, 1.54) is 0 Å². The third-order valence-electron chi connectivity index (χ3n) is 4.28. The Bertz CT molecular complexity index is 530. The maximum atomic E-state index is 13.5. The van der Waals surface area contributed by atoms with Gasteiger partial charge in [-0.1, -0.05) is 23.7 Å². The molecule has 1 aromatic rings. The van der Waals surface area contributed by atoms with Crippen LogP contribution in [0.5, 0.6) is 0 Å². The van der Waals surface area contributed by atoms with Crippen LogP contribution in [0.15, 0.2) is 24.3 Å². The van der Waals surface area contributed by atoms with Crippen molar-refractivity contribution in [1.82, 2.24) is 4.72 Å². The standard InChI is InChI=1S/C17H25ClFNO2S/c1-16(2,3)23(22)20-15(12-5-4-6-13(18)11-12)17(21)9-7-14(19)8-10-17/h4-6,11,14-15,20-21H,7-10H2,1-3H3/t14-,15-,17+,23?/m0/s1. The summed E-state index contributed by atoms with van der Waals surface area (Å²) in [4.78, 5) is 0. The van der Waals surface area contributed by atoms with Gasteiger partial charge in [0.15, 0.2) is 0 Å². The van der Waals surface area contributed by atoms with Gasteiger partial charge in [0, 0.05) is 16.4 Å².